The fourth-order valence-corrected chi connectivity index (χ4v) is 4.04. The number of ether oxygens (including phenoxy) is 1. The number of halogens is 1. The number of hydrogen-bond donors (Lipinski definition) is 1. The minimum Gasteiger partial charge on any atom is -0.375 e. The van der Waals surface area contributed by atoms with Gasteiger partial charge in [-0.3, -0.25) is 9.52 Å². The third-order valence-electron chi connectivity index (χ3n) is 4.24. The summed E-state index contributed by atoms with van der Waals surface area (Å²) in [7, 11) is -2.41. The molecular formula is C18H19FN2O4S. The molecule has 26 heavy (non-hydrogen) atoms. The molecule has 138 valence electrons. The lowest BCUT2D eigenvalue weighted by Crippen LogP contribution is -2.32. The fourth-order valence-electron chi connectivity index (χ4n) is 2.90. The van der Waals surface area contributed by atoms with Gasteiger partial charge in [-0.05, 0) is 54.8 Å². The van der Waals surface area contributed by atoms with Gasteiger partial charge in [-0.25, -0.2) is 12.8 Å². The van der Waals surface area contributed by atoms with Crippen LogP contribution >= 0.6 is 0 Å². The second-order valence-corrected chi connectivity index (χ2v) is 7.77. The van der Waals surface area contributed by atoms with E-state index in [1.807, 2.05) is 0 Å². The maximum Gasteiger partial charge on any atom is 0.261 e. The summed E-state index contributed by atoms with van der Waals surface area (Å²) in [5.74, 6) is -0.644. The molecule has 2 aromatic rings. The highest BCUT2D eigenvalue weighted by Gasteiger charge is 2.25. The van der Waals surface area contributed by atoms with Gasteiger partial charge in [0.1, 0.15) is 12.4 Å². The normalized spacial score (nSPS) is 13.6. The molecule has 1 amide bonds. The molecule has 6 nitrogen and oxygen atoms in total. The molecule has 0 atom stereocenters. The second kappa shape index (κ2) is 7.05. The van der Waals surface area contributed by atoms with Crippen LogP contribution in [0.5, 0.6) is 0 Å². The van der Waals surface area contributed by atoms with E-state index in [-0.39, 0.29) is 23.0 Å². The molecule has 1 aliphatic rings. The third kappa shape index (κ3) is 3.56. The number of methoxy groups -OCH3 is 1. The number of fused-ring (bicyclic) bond motifs is 1. The first-order valence-electron chi connectivity index (χ1n) is 8.03. The summed E-state index contributed by atoms with van der Waals surface area (Å²) in [6, 6.07) is 8.69. The maximum absolute atomic E-state index is 13.4. The lowest BCUT2D eigenvalue weighted by Gasteiger charge is -2.18. The van der Waals surface area contributed by atoms with Crippen LogP contribution in [0.1, 0.15) is 11.1 Å². The molecule has 0 fully saturated rings. The van der Waals surface area contributed by atoms with Crippen molar-refractivity contribution in [3.05, 3.63) is 53.3 Å². The van der Waals surface area contributed by atoms with Crippen LogP contribution in [0.2, 0.25) is 0 Å². The monoisotopic (exact) mass is 378 g/mol. The van der Waals surface area contributed by atoms with Crippen molar-refractivity contribution in [3.63, 3.8) is 0 Å². The Bertz CT molecular complexity index is 960. The number of nitrogens with one attached hydrogen (secondary N) is 1. The Labute approximate surface area is 151 Å². The predicted molar refractivity (Wildman–Crippen MR) is 96.3 cm³/mol. The highest BCUT2D eigenvalue weighted by atomic mass is 32.2. The van der Waals surface area contributed by atoms with Crippen LogP contribution in [0.25, 0.3) is 0 Å². The van der Waals surface area contributed by atoms with E-state index in [0.717, 1.165) is 11.6 Å². The van der Waals surface area contributed by atoms with Gasteiger partial charge in [0, 0.05) is 19.3 Å². The first-order valence-corrected chi connectivity index (χ1v) is 9.51. The Kier molecular flexibility index (Phi) is 4.97. The van der Waals surface area contributed by atoms with Crippen LogP contribution in [0.3, 0.4) is 0 Å². The average Bonchev–Trinajstić information content (AvgIpc) is 3.00. The number of amides is 1. The lowest BCUT2D eigenvalue weighted by molar-refractivity contribution is -0.122. The summed E-state index contributed by atoms with van der Waals surface area (Å²) in [5.41, 5.74) is 2.22. The molecule has 0 unspecified atom stereocenters. The first kappa shape index (κ1) is 18.3. The van der Waals surface area contributed by atoms with E-state index in [2.05, 4.69) is 4.72 Å². The molecule has 2 aromatic carbocycles. The van der Waals surface area contributed by atoms with E-state index in [1.165, 1.54) is 26.2 Å². The van der Waals surface area contributed by atoms with Crippen molar-refractivity contribution in [3.8, 4) is 0 Å². The van der Waals surface area contributed by atoms with E-state index in [1.54, 1.807) is 23.1 Å². The van der Waals surface area contributed by atoms with Crippen LogP contribution in [-0.2, 0) is 26.0 Å². The zero-order valence-corrected chi connectivity index (χ0v) is 15.3. The maximum atomic E-state index is 13.4. The van der Waals surface area contributed by atoms with E-state index in [0.29, 0.717) is 24.3 Å². The molecule has 0 bridgehead atoms. The molecule has 1 aliphatic heterocycles. The van der Waals surface area contributed by atoms with Crippen molar-refractivity contribution < 1.29 is 22.3 Å². The number of carbonyl (C=O) groups is 1. The molecule has 0 aliphatic carbocycles. The average molecular weight is 378 g/mol. The van der Waals surface area contributed by atoms with Crippen molar-refractivity contribution in [1.29, 1.82) is 0 Å². The Hall–Kier alpha value is -2.45. The molecule has 0 saturated heterocycles. The van der Waals surface area contributed by atoms with Crippen LogP contribution in [0, 0.1) is 12.7 Å². The number of nitrogens with zero attached hydrogens (tertiary/aromatic N) is 1. The molecule has 1 heterocycles. The molecule has 8 heteroatoms. The summed E-state index contributed by atoms with van der Waals surface area (Å²) in [4.78, 5) is 13.7. The molecule has 0 spiro atoms. The van der Waals surface area contributed by atoms with Gasteiger partial charge in [0.25, 0.3) is 15.9 Å². The van der Waals surface area contributed by atoms with Gasteiger partial charge in [0.15, 0.2) is 0 Å². The Balaban J connectivity index is 1.88. The van der Waals surface area contributed by atoms with Gasteiger partial charge in [0.05, 0.1) is 10.6 Å². The molecule has 0 saturated carbocycles. The Morgan fingerprint density at radius 2 is 2.04 bits per heavy atom. The van der Waals surface area contributed by atoms with Crippen LogP contribution in [-0.4, -0.2) is 34.6 Å². The quantitative estimate of drug-likeness (QED) is 0.867. The summed E-state index contributed by atoms with van der Waals surface area (Å²) < 4.78 is 45.9. The number of carbonyl (C=O) groups excluding carboxylic acids is 1. The van der Waals surface area contributed by atoms with Crippen LogP contribution in [0.15, 0.2) is 41.3 Å². The van der Waals surface area contributed by atoms with Gasteiger partial charge in [0.2, 0.25) is 0 Å². The Morgan fingerprint density at radius 3 is 2.73 bits per heavy atom. The third-order valence-corrected chi connectivity index (χ3v) is 5.62. The first-order chi connectivity index (χ1) is 12.3. The summed E-state index contributed by atoms with van der Waals surface area (Å²) in [6.45, 7) is 2.00. The van der Waals surface area contributed by atoms with Gasteiger partial charge in [-0.2, -0.15) is 0 Å². The SMILES string of the molecule is COCC(=O)N1CCc2ccc(NS(=O)(=O)c3ccc(F)c(C)c3)cc21. The molecular weight excluding hydrogens is 359 g/mol. The number of hydrogen-bond acceptors (Lipinski definition) is 4. The summed E-state index contributed by atoms with van der Waals surface area (Å²) in [5, 5.41) is 0. The minimum atomic E-state index is -3.86. The van der Waals surface area contributed by atoms with Crippen molar-refractivity contribution in [2.24, 2.45) is 0 Å². The largest absolute Gasteiger partial charge is 0.375 e. The molecule has 0 radical (unpaired) electrons. The van der Waals surface area contributed by atoms with Gasteiger partial charge >= 0.3 is 0 Å². The molecule has 3 rings (SSSR count). The highest BCUT2D eigenvalue weighted by molar-refractivity contribution is 7.92. The zero-order valence-electron chi connectivity index (χ0n) is 14.5. The zero-order chi connectivity index (χ0) is 18.9. The molecule has 0 aromatic heterocycles. The van der Waals surface area contributed by atoms with Crippen molar-refractivity contribution in [2.45, 2.75) is 18.2 Å². The van der Waals surface area contributed by atoms with E-state index in [9.17, 15) is 17.6 Å². The van der Waals surface area contributed by atoms with Gasteiger partial charge in [-0.15, -0.1) is 0 Å². The number of aryl methyl sites for hydroxylation is 1. The van der Waals surface area contributed by atoms with E-state index < -0.39 is 15.8 Å². The topological polar surface area (TPSA) is 75.7 Å². The highest BCUT2D eigenvalue weighted by Crippen LogP contribution is 2.32. The summed E-state index contributed by atoms with van der Waals surface area (Å²) >= 11 is 0. The smallest absolute Gasteiger partial charge is 0.261 e. The fraction of sp³-hybridized carbons (Fsp3) is 0.278. The molecule has 1 N–H and O–H groups in total. The van der Waals surface area contributed by atoms with Crippen LogP contribution < -0.4 is 9.62 Å². The predicted octanol–water partition coefficient (Wildman–Crippen LogP) is 2.47. The second-order valence-electron chi connectivity index (χ2n) is 6.09. The number of benzene rings is 2. The lowest BCUT2D eigenvalue weighted by atomic mass is 10.1. The van der Waals surface area contributed by atoms with E-state index >= 15 is 0 Å². The Morgan fingerprint density at radius 1 is 1.27 bits per heavy atom. The number of anilines is 2. The standard InChI is InChI=1S/C18H19FN2O4S/c1-12-9-15(5-6-16(12)19)26(23,24)20-14-4-3-13-7-8-21(17(13)10-14)18(22)11-25-2/h3-6,9-10,20H,7-8,11H2,1-2H3. The minimum absolute atomic E-state index is 0.0239. The van der Waals surface area contributed by atoms with Crippen molar-refractivity contribution in [2.75, 3.05) is 29.9 Å². The van der Waals surface area contributed by atoms with Gasteiger partial charge < -0.3 is 9.64 Å². The van der Waals surface area contributed by atoms with Crippen LogP contribution in [0.4, 0.5) is 15.8 Å². The summed E-state index contributed by atoms with van der Waals surface area (Å²) in [6.07, 6.45) is 0.703. The number of sulfonamides is 1. The van der Waals surface area contributed by atoms with Crippen molar-refractivity contribution in [1.82, 2.24) is 0 Å². The number of rotatable bonds is 5. The van der Waals surface area contributed by atoms with E-state index in [4.69, 9.17) is 4.74 Å². The van der Waals surface area contributed by atoms with Crippen molar-refractivity contribution >= 4 is 27.3 Å². The van der Waals surface area contributed by atoms with Gasteiger partial charge in [-0.1, -0.05) is 6.07 Å².